The molecular weight excluding hydrogens is 477 g/mol. The van der Waals surface area contributed by atoms with Crippen LogP contribution in [0.5, 0.6) is 0 Å². The molecule has 3 aromatic rings. The summed E-state index contributed by atoms with van der Waals surface area (Å²) in [5.41, 5.74) is 1.80. The first-order chi connectivity index (χ1) is 15.6. The number of aromatic nitrogens is 2. The number of nitrogens with zero attached hydrogens (tertiary/aromatic N) is 4. The van der Waals surface area contributed by atoms with Crippen LogP contribution in [0.1, 0.15) is 32.1 Å². The van der Waals surface area contributed by atoms with Crippen LogP contribution >= 0.6 is 22.7 Å². The van der Waals surface area contributed by atoms with E-state index in [0.717, 1.165) is 36.0 Å². The molecule has 0 saturated carbocycles. The maximum absolute atomic E-state index is 13.1. The van der Waals surface area contributed by atoms with E-state index in [1.54, 1.807) is 22.7 Å². The van der Waals surface area contributed by atoms with Gasteiger partial charge >= 0.3 is 12.1 Å². The van der Waals surface area contributed by atoms with Crippen LogP contribution in [0.25, 0.3) is 0 Å². The number of hydrogen-bond acceptors (Lipinski definition) is 6. The number of carboxylic acids is 1. The highest BCUT2D eigenvalue weighted by atomic mass is 32.1. The largest absolute Gasteiger partial charge is 0.490 e. The summed E-state index contributed by atoms with van der Waals surface area (Å²) in [6, 6.07) is 8.74. The number of thiazole rings is 1. The second-order valence-electron chi connectivity index (χ2n) is 7.80. The first kappa shape index (κ1) is 23.5. The molecule has 0 aliphatic carbocycles. The molecule has 5 rings (SSSR count). The predicted molar refractivity (Wildman–Crippen MR) is 117 cm³/mol. The molecule has 1 fully saturated rings. The van der Waals surface area contributed by atoms with Crippen molar-refractivity contribution in [3.05, 3.63) is 62.5 Å². The Bertz CT molecular complexity index is 1130. The Hall–Kier alpha value is -2.70. The number of hydrogen-bond donors (Lipinski definition) is 1. The van der Waals surface area contributed by atoms with Crippen molar-refractivity contribution in [3.8, 4) is 0 Å². The van der Waals surface area contributed by atoms with E-state index >= 15 is 0 Å². The Morgan fingerprint density at radius 3 is 2.52 bits per heavy atom. The number of carbonyl (C=O) groups excluding carboxylic acids is 1. The molecule has 12 heteroatoms. The summed E-state index contributed by atoms with van der Waals surface area (Å²) in [5, 5.41) is 12.4. The van der Waals surface area contributed by atoms with Crippen molar-refractivity contribution in [1.29, 1.82) is 0 Å². The number of aryl methyl sites for hydroxylation is 1. The van der Waals surface area contributed by atoms with Crippen molar-refractivity contribution in [2.45, 2.75) is 38.3 Å². The first-order valence-electron chi connectivity index (χ1n) is 10.1. The molecule has 7 nitrogen and oxygen atoms in total. The fourth-order valence-corrected chi connectivity index (χ4v) is 5.53. The van der Waals surface area contributed by atoms with Crippen molar-refractivity contribution < 1.29 is 27.9 Å². The summed E-state index contributed by atoms with van der Waals surface area (Å²) < 4.78 is 33.9. The van der Waals surface area contributed by atoms with Gasteiger partial charge in [0, 0.05) is 36.1 Å². The second kappa shape index (κ2) is 9.27. The lowest BCUT2D eigenvalue weighted by atomic mass is 10.1. The molecule has 33 heavy (non-hydrogen) atoms. The minimum absolute atomic E-state index is 0.125. The number of aliphatic carboxylic acids is 1. The molecule has 5 heterocycles. The Morgan fingerprint density at radius 2 is 1.91 bits per heavy atom. The smallest absolute Gasteiger partial charge is 0.475 e. The number of alkyl halides is 3. The quantitative estimate of drug-likeness (QED) is 0.588. The Kier molecular flexibility index (Phi) is 6.59. The molecule has 2 atom stereocenters. The van der Waals surface area contributed by atoms with Crippen molar-refractivity contribution in [3.63, 3.8) is 0 Å². The summed E-state index contributed by atoms with van der Waals surface area (Å²) in [4.78, 5) is 32.5. The number of rotatable bonds is 4. The average Bonchev–Trinajstić information content (AvgIpc) is 3.52. The van der Waals surface area contributed by atoms with Gasteiger partial charge in [-0.3, -0.25) is 9.69 Å². The van der Waals surface area contributed by atoms with Crippen molar-refractivity contribution in [2.75, 3.05) is 13.1 Å². The molecular formula is C21H21F3N4O3S2. The summed E-state index contributed by atoms with van der Waals surface area (Å²) >= 11 is 3.45. The molecule has 0 spiro atoms. The molecule has 3 aromatic heterocycles. The Morgan fingerprint density at radius 1 is 1.18 bits per heavy atom. The van der Waals surface area contributed by atoms with Gasteiger partial charge in [0.1, 0.15) is 5.69 Å². The van der Waals surface area contributed by atoms with Crippen molar-refractivity contribution in [1.82, 2.24) is 19.4 Å². The highest BCUT2D eigenvalue weighted by Gasteiger charge is 2.45. The lowest BCUT2D eigenvalue weighted by Crippen LogP contribution is -2.49. The fraction of sp³-hybridized carbons (Fsp3) is 0.381. The van der Waals surface area contributed by atoms with E-state index in [0.29, 0.717) is 12.6 Å². The molecule has 176 valence electrons. The number of thiophene rings is 1. The van der Waals surface area contributed by atoms with Crippen LogP contribution in [-0.2, 0) is 17.9 Å². The lowest BCUT2D eigenvalue weighted by molar-refractivity contribution is -0.192. The molecule has 0 aromatic carbocycles. The summed E-state index contributed by atoms with van der Waals surface area (Å²) in [6.45, 7) is 5.46. The van der Waals surface area contributed by atoms with Gasteiger partial charge in [0.15, 0.2) is 0 Å². The molecule has 2 unspecified atom stereocenters. The van der Waals surface area contributed by atoms with Gasteiger partial charge in [0.2, 0.25) is 0 Å². The molecule has 1 saturated heterocycles. The maximum atomic E-state index is 13.1. The topological polar surface area (TPSA) is 78.7 Å². The van der Waals surface area contributed by atoms with E-state index in [9.17, 15) is 18.0 Å². The highest BCUT2D eigenvalue weighted by Crippen LogP contribution is 2.35. The van der Waals surface area contributed by atoms with Crippen LogP contribution in [0.15, 0.2) is 41.2 Å². The third-order valence-corrected chi connectivity index (χ3v) is 7.24. The molecule has 2 aliphatic rings. The maximum Gasteiger partial charge on any atom is 0.490 e. The minimum Gasteiger partial charge on any atom is -0.475 e. The van der Waals surface area contributed by atoms with Gasteiger partial charge in [-0.25, -0.2) is 9.78 Å². The van der Waals surface area contributed by atoms with E-state index < -0.39 is 12.1 Å². The zero-order chi connectivity index (χ0) is 23.8. The number of halogens is 3. The number of fused-ring (bicyclic) bond motifs is 3. The van der Waals surface area contributed by atoms with Gasteiger partial charge in [-0.1, -0.05) is 6.07 Å². The van der Waals surface area contributed by atoms with Crippen LogP contribution in [0, 0.1) is 6.92 Å². The van der Waals surface area contributed by atoms with Crippen LogP contribution < -0.4 is 0 Å². The zero-order valence-electron chi connectivity index (χ0n) is 17.5. The van der Waals surface area contributed by atoms with Crippen LogP contribution in [0.3, 0.4) is 0 Å². The minimum atomic E-state index is -5.08. The van der Waals surface area contributed by atoms with Gasteiger partial charge in [-0.2, -0.15) is 13.2 Å². The van der Waals surface area contributed by atoms with E-state index in [2.05, 4.69) is 43.5 Å². The number of amides is 1. The third kappa shape index (κ3) is 5.12. The third-order valence-electron chi connectivity index (χ3n) is 5.55. The summed E-state index contributed by atoms with van der Waals surface area (Å²) in [7, 11) is 0. The molecule has 0 radical (unpaired) electrons. The van der Waals surface area contributed by atoms with Crippen LogP contribution in [0.2, 0.25) is 0 Å². The van der Waals surface area contributed by atoms with E-state index in [-0.39, 0.29) is 11.9 Å². The highest BCUT2D eigenvalue weighted by molar-refractivity contribution is 7.10. The van der Waals surface area contributed by atoms with E-state index in [1.807, 2.05) is 24.0 Å². The molecule has 0 bridgehead atoms. The molecule has 2 aliphatic heterocycles. The van der Waals surface area contributed by atoms with Gasteiger partial charge < -0.3 is 14.6 Å². The van der Waals surface area contributed by atoms with E-state index in [1.165, 1.54) is 4.88 Å². The van der Waals surface area contributed by atoms with Crippen LogP contribution in [-0.4, -0.2) is 61.6 Å². The number of likely N-dealkylation sites (tertiary alicyclic amines) is 1. The Labute approximate surface area is 195 Å². The first-order valence-corrected chi connectivity index (χ1v) is 11.8. The average molecular weight is 499 g/mol. The van der Waals surface area contributed by atoms with Gasteiger partial charge in [-0.15, -0.1) is 22.7 Å². The normalized spacial score (nSPS) is 20.2. The SMILES string of the molecule is Cc1nc(CN2C(=O)c3cccn3C3CN(Cc4cccs4)CC32)cs1.O=C(O)C(F)(F)F. The summed E-state index contributed by atoms with van der Waals surface area (Å²) in [6.07, 6.45) is -3.02. The fourth-order valence-electron chi connectivity index (χ4n) is 4.19. The van der Waals surface area contributed by atoms with Crippen LogP contribution in [0.4, 0.5) is 13.2 Å². The van der Waals surface area contributed by atoms with E-state index in [4.69, 9.17) is 9.90 Å². The van der Waals surface area contributed by atoms with Gasteiger partial charge in [0.05, 0.1) is 29.3 Å². The summed E-state index contributed by atoms with van der Waals surface area (Å²) in [5.74, 6) is -2.63. The molecule has 1 N–H and O–H groups in total. The Balaban J connectivity index is 0.000000325. The second-order valence-corrected chi connectivity index (χ2v) is 9.90. The number of carboxylic acid groups (broad SMARTS) is 1. The van der Waals surface area contributed by atoms with Crippen molar-refractivity contribution >= 4 is 34.6 Å². The van der Waals surface area contributed by atoms with Crippen molar-refractivity contribution in [2.24, 2.45) is 0 Å². The predicted octanol–water partition coefficient (Wildman–Crippen LogP) is 4.03. The molecule has 1 amide bonds. The standard InChI is InChI=1S/C19H20N4OS2.C2HF3O2/c1-13-20-14(12-26-13)8-23-18-11-21(9-15-4-3-7-25-15)10-17(18)22-6-2-5-16(22)19(23)24;3-2(4,5)1(6)7/h2-7,12,17-18H,8-11H2,1H3;(H,6,7). The van der Waals surface area contributed by atoms with Gasteiger partial charge in [0.25, 0.3) is 5.91 Å². The number of carbonyl (C=O) groups is 2. The lowest BCUT2D eigenvalue weighted by Gasteiger charge is -2.38. The monoisotopic (exact) mass is 498 g/mol. The van der Waals surface area contributed by atoms with Gasteiger partial charge in [-0.05, 0) is 30.5 Å². The zero-order valence-corrected chi connectivity index (χ0v) is 19.2.